The molecular formula is C22H17N3O3. The van der Waals surface area contributed by atoms with Crippen LogP contribution in [0, 0.1) is 17.0 Å². The molecule has 0 N–H and O–H groups in total. The van der Waals surface area contributed by atoms with E-state index >= 15 is 0 Å². The molecule has 4 aromatic rings. The molecule has 0 fully saturated rings. The maximum atomic E-state index is 13.3. The molecule has 1 heterocycles. The van der Waals surface area contributed by atoms with Crippen LogP contribution in [0.1, 0.15) is 17.0 Å². The van der Waals surface area contributed by atoms with E-state index in [1.807, 2.05) is 43.3 Å². The fourth-order valence-electron chi connectivity index (χ4n) is 3.32. The van der Waals surface area contributed by atoms with E-state index in [-0.39, 0.29) is 11.2 Å². The zero-order chi connectivity index (χ0) is 19.7. The molecule has 4 rings (SSSR count). The third-order valence-electron chi connectivity index (χ3n) is 4.69. The molecule has 0 unspecified atom stereocenters. The normalized spacial score (nSPS) is 10.9. The fraction of sp³-hybridized carbons (Fsp3) is 0.0909. The van der Waals surface area contributed by atoms with Gasteiger partial charge in [0.2, 0.25) is 0 Å². The van der Waals surface area contributed by atoms with Crippen molar-refractivity contribution in [3.8, 4) is 5.69 Å². The van der Waals surface area contributed by atoms with Gasteiger partial charge in [-0.2, -0.15) is 0 Å². The Balaban J connectivity index is 1.96. The van der Waals surface area contributed by atoms with Crippen molar-refractivity contribution in [1.29, 1.82) is 0 Å². The minimum Gasteiger partial charge on any atom is -0.268 e. The standard InChI is InChI=1S/C22H17N3O3/c1-15-7-2-5-12-20(15)24-21(14-16-8-6-9-17(13-16)25(27)28)23-19-11-4-3-10-18(19)22(24)26/h2-13H,14H2,1H3. The maximum absolute atomic E-state index is 13.3. The number of aryl methyl sites for hydroxylation is 1. The summed E-state index contributed by atoms with van der Waals surface area (Å²) in [6, 6.07) is 21.2. The number of hydrogen-bond acceptors (Lipinski definition) is 4. The Morgan fingerprint density at radius 2 is 1.75 bits per heavy atom. The van der Waals surface area contributed by atoms with Gasteiger partial charge in [-0.1, -0.05) is 42.5 Å². The largest absolute Gasteiger partial charge is 0.269 e. The molecule has 0 bridgehead atoms. The Bertz CT molecular complexity index is 1260. The van der Waals surface area contributed by atoms with Crippen molar-refractivity contribution in [2.24, 2.45) is 0 Å². The van der Waals surface area contributed by atoms with Crippen LogP contribution in [0.2, 0.25) is 0 Å². The minimum atomic E-state index is -0.425. The number of nitrogens with zero attached hydrogens (tertiary/aromatic N) is 3. The van der Waals surface area contributed by atoms with Gasteiger partial charge < -0.3 is 0 Å². The predicted octanol–water partition coefficient (Wildman–Crippen LogP) is 4.19. The van der Waals surface area contributed by atoms with Gasteiger partial charge in [0.1, 0.15) is 5.82 Å². The van der Waals surface area contributed by atoms with Crippen LogP contribution in [0.4, 0.5) is 5.69 Å². The number of non-ortho nitro benzene ring substituents is 1. The maximum Gasteiger partial charge on any atom is 0.269 e. The summed E-state index contributed by atoms with van der Waals surface area (Å²) in [7, 11) is 0. The smallest absolute Gasteiger partial charge is 0.268 e. The molecule has 6 nitrogen and oxygen atoms in total. The van der Waals surface area contributed by atoms with Crippen molar-refractivity contribution in [3.05, 3.63) is 110 Å². The van der Waals surface area contributed by atoms with E-state index in [9.17, 15) is 14.9 Å². The molecule has 3 aromatic carbocycles. The fourth-order valence-corrected chi connectivity index (χ4v) is 3.32. The molecule has 0 saturated carbocycles. The molecule has 0 atom stereocenters. The second-order valence-electron chi connectivity index (χ2n) is 6.58. The molecule has 0 spiro atoms. The second-order valence-corrected chi connectivity index (χ2v) is 6.58. The average Bonchev–Trinajstić information content (AvgIpc) is 2.69. The molecule has 6 heteroatoms. The highest BCUT2D eigenvalue weighted by atomic mass is 16.6. The first-order valence-corrected chi connectivity index (χ1v) is 8.84. The van der Waals surface area contributed by atoms with E-state index in [1.165, 1.54) is 12.1 Å². The highest BCUT2D eigenvalue weighted by Crippen LogP contribution is 2.20. The van der Waals surface area contributed by atoms with Crippen LogP contribution in [-0.2, 0) is 6.42 Å². The van der Waals surface area contributed by atoms with Gasteiger partial charge in [-0.3, -0.25) is 19.5 Å². The Hall–Kier alpha value is -3.80. The van der Waals surface area contributed by atoms with Crippen LogP contribution in [0.3, 0.4) is 0 Å². The highest BCUT2D eigenvalue weighted by molar-refractivity contribution is 5.78. The second kappa shape index (κ2) is 7.08. The summed E-state index contributed by atoms with van der Waals surface area (Å²) in [6.45, 7) is 1.94. The Morgan fingerprint density at radius 1 is 1.00 bits per heavy atom. The molecule has 0 amide bonds. The van der Waals surface area contributed by atoms with Gasteiger partial charge in [0, 0.05) is 18.6 Å². The van der Waals surface area contributed by atoms with E-state index in [0.717, 1.165) is 16.8 Å². The first-order valence-electron chi connectivity index (χ1n) is 8.84. The zero-order valence-electron chi connectivity index (χ0n) is 15.2. The van der Waals surface area contributed by atoms with Crippen LogP contribution in [0.5, 0.6) is 0 Å². The summed E-state index contributed by atoms with van der Waals surface area (Å²) in [5.74, 6) is 0.540. The summed E-state index contributed by atoms with van der Waals surface area (Å²) in [5.41, 5.74) is 2.90. The monoisotopic (exact) mass is 371 g/mol. The summed E-state index contributed by atoms with van der Waals surface area (Å²) in [4.78, 5) is 28.7. The number of para-hydroxylation sites is 2. The molecular weight excluding hydrogens is 354 g/mol. The van der Waals surface area contributed by atoms with Crippen LogP contribution in [-0.4, -0.2) is 14.5 Å². The molecule has 0 aliphatic rings. The summed E-state index contributed by atoms with van der Waals surface area (Å²) >= 11 is 0. The van der Waals surface area contributed by atoms with E-state index in [0.29, 0.717) is 23.1 Å². The van der Waals surface area contributed by atoms with Crippen molar-refractivity contribution >= 4 is 16.6 Å². The number of rotatable bonds is 4. The Kier molecular flexibility index (Phi) is 4.45. The van der Waals surface area contributed by atoms with Crippen molar-refractivity contribution in [2.45, 2.75) is 13.3 Å². The van der Waals surface area contributed by atoms with Gasteiger partial charge in [0.15, 0.2) is 0 Å². The van der Waals surface area contributed by atoms with Gasteiger partial charge in [0.25, 0.3) is 11.2 Å². The number of benzene rings is 3. The predicted molar refractivity (Wildman–Crippen MR) is 108 cm³/mol. The Morgan fingerprint density at radius 3 is 2.54 bits per heavy atom. The number of nitro groups is 1. The van der Waals surface area contributed by atoms with Crippen LogP contribution in [0.25, 0.3) is 16.6 Å². The Labute approximate surface area is 160 Å². The first-order chi connectivity index (χ1) is 13.5. The summed E-state index contributed by atoms with van der Waals surface area (Å²) in [6.07, 6.45) is 0.302. The minimum absolute atomic E-state index is 0.0167. The SMILES string of the molecule is Cc1ccccc1-n1c(Cc2cccc([N+](=O)[O-])c2)nc2ccccc2c1=O. The van der Waals surface area contributed by atoms with E-state index in [2.05, 4.69) is 0 Å². The van der Waals surface area contributed by atoms with Crippen molar-refractivity contribution < 1.29 is 4.92 Å². The zero-order valence-corrected chi connectivity index (χ0v) is 15.2. The molecule has 138 valence electrons. The molecule has 0 radical (unpaired) electrons. The lowest BCUT2D eigenvalue weighted by Gasteiger charge is -2.15. The van der Waals surface area contributed by atoms with Crippen molar-refractivity contribution in [2.75, 3.05) is 0 Å². The van der Waals surface area contributed by atoms with Gasteiger partial charge >= 0.3 is 0 Å². The third-order valence-corrected chi connectivity index (χ3v) is 4.69. The molecule has 1 aromatic heterocycles. The number of hydrogen-bond donors (Lipinski definition) is 0. The summed E-state index contributed by atoms with van der Waals surface area (Å²) < 4.78 is 1.61. The topological polar surface area (TPSA) is 78.0 Å². The molecule has 0 aliphatic carbocycles. The average molecular weight is 371 g/mol. The number of fused-ring (bicyclic) bond motifs is 1. The third kappa shape index (κ3) is 3.16. The van der Waals surface area contributed by atoms with Crippen molar-refractivity contribution in [3.63, 3.8) is 0 Å². The molecule has 0 aliphatic heterocycles. The molecule has 0 saturated heterocycles. The van der Waals surface area contributed by atoms with Crippen LogP contribution >= 0.6 is 0 Å². The van der Waals surface area contributed by atoms with Crippen LogP contribution in [0.15, 0.2) is 77.6 Å². The summed E-state index contributed by atoms with van der Waals surface area (Å²) in [5, 5.41) is 11.6. The van der Waals surface area contributed by atoms with E-state index in [1.54, 1.807) is 28.8 Å². The van der Waals surface area contributed by atoms with Crippen molar-refractivity contribution in [1.82, 2.24) is 9.55 Å². The van der Waals surface area contributed by atoms with E-state index in [4.69, 9.17) is 4.98 Å². The number of nitro benzene ring substituents is 1. The quantitative estimate of drug-likeness (QED) is 0.398. The van der Waals surface area contributed by atoms with Gasteiger partial charge in [-0.15, -0.1) is 0 Å². The first kappa shape index (κ1) is 17.6. The van der Waals surface area contributed by atoms with Gasteiger partial charge in [0.05, 0.1) is 21.5 Å². The highest BCUT2D eigenvalue weighted by Gasteiger charge is 2.15. The van der Waals surface area contributed by atoms with Crippen LogP contribution < -0.4 is 5.56 Å². The van der Waals surface area contributed by atoms with Gasteiger partial charge in [-0.25, -0.2) is 4.98 Å². The lowest BCUT2D eigenvalue weighted by molar-refractivity contribution is -0.384. The van der Waals surface area contributed by atoms with Gasteiger partial charge in [-0.05, 0) is 36.2 Å². The van der Waals surface area contributed by atoms with E-state index < -0.39 is 4.92 Å². The molecule has 28 heavy (non-hydrogen) atoms. The lowest BCUT2D eigenvalue weighted by atomic mass is 10.1. The lowest BCUT2D eigenvalue weighted by Crippen LogP contribution is -2.24. The number of aromatic nitrogens is 2.